The highest BCUT2D eigenvalue weighted by Crippen LogP contribution is 2.28. The van der Waals surface area contributed by atoms with E-state index in [0.717, 1.165) is 29.8 Å². The Morgan fingerprint density at radius 2 is 2.00 bits per heavy atom. The normalized spacial score (nSPS) is 11.0. The molecule has 0 aromatic heterocycles. The summed E-state index contributed by atoms with van der Waals surface area (Å²) in [6.45, 7) is 10.3. The number of hydrogen-bond acceptors (Lipinski definition) is 4. The number of carbonyl (C=O) groups excluding carboxylic acids is 1. The zero-order valence-electron chi connectivity index (χ0n) is 14.5. The Labute approximate surface area is 133 Å². The molecule has 0 unspecified atom stereocenters. The molecule has 1 rings (SSSR count). The number of rotatable bonds is 6. The molecule has 0 aliphatic rings. The monoisotopic (exact) mass is 308 g/mol. The first-order valence-electron chi connectivity index (χ1n) is 7.68. The first kappa shape index (κ1) is 18.1. The zero-order valence-corrected chi connectivity index (χ0v) is 14.5. The van der Waals surface area contributed by atoms with Gasteiger partial charge in [-0.2, -0.15) is 0 Å². The van der Waals surface area contributed by atoms with Crippen molar-refractivity contribution in [2.45, 2.75) is 53.1 Å². The third-order valence-corrected chi connectivity index (χ3v) is 2.99. The van der Waals surface area contributed by atoms with Crippen LogP contribution >= 0.6 is 0 Å². The number of hydrogen-bond donors (Lipinski definition) is 1. The molecule has 5 nitrogen and oxygen atoms in total. The number of carbonyl (C=O) groups is 1. The van der Waals surface area contributed by atoms with E-state index in [1.807, 2.05) is 45.9 Å². The van der Waals surface area contributed by atoms with E-state index < -0.39 is 11.7 Å². The van der Waals surface area contributed by atoms with Gasteiger partial charge in [0.2, 0.25) is 0 Å². The van der Waals surface area contributed by atoms with Gasteiger partial charge >= 0.3 is 6.09 Å². The second-order valence-corrected chi connectivity index (χ2v) is 6.29. The molecule has 0 bridgehead atoms. The molecule has 0 aliphatic carbocycles. The van der Waals surface area contributed by atoms with Gasteiger partial charge < -0.3 is 9.47 Å². The molecule has 22 heavy (non-hydrogen) atoms. The number of benzene rings is 1. The maximum atomic E-state index is 12.1. The van der Waals surface area contributed by atoms with Gasteiger partial charge in [-0.15, -0.1) is 0 Å². The summed E-state index contributed by atoms with van der Waals surface area (Å²) in [7, 11) is 1.63. The molecular weight excluding hydrogens is 280 g/mol. The topological polar surface area (TPSA) is 50.8 Å². The summed E-state index contributed by atoms with van der Waals surface area (Å²) in [5.41, 5.74) is 4.21. The molecule has 0 heterocycles. The lowest BCUT2D eigenvalue weighted by atomic mass is 10.2. The van der Waals surface area contributed by atoms with Crippen molar-refractivity contribution in [3.8, 4) is 5.75 Å². The number of nitrogens with zero attached hydrogens (tertiary/aromatic N) is 1. The minimum atomic E-state index is -0.530. The van der Waals surface area contributed by atoms with Gasteiger partial charge in [0.15, 0.2) is 0 Å². The molecule has 0 spiro atoms. The maximum Gasteiger partial charge on any atom is 0.426 e. The van der Waals surface area contributed by atoms with Crippen molar-refractivity contribution in [2.75, 3.05) is 18.7 Å². The minimum Gasteiger partial charge on any atom is -0.495 e. The summed E-state index contributed by atoms with van der Waals surface area (Å²) < 4.78 is 10.8. The van der Waals surface area contributed by atoms with Crippen LogP contribution in [0.5, 0.6) is 5.75 Å². The molecule has 1 aromatic carbocycles. The zero-order chi connectivity index (χ0) is 16.8. The number of ether oxygens (including phenoxy) is 2. The highest BCUT2D eigenvalue weighted by molar-refractivity contribution is 5.72. The summed E-state index contributed by atoms with van der Waals surface area (Å²) in [6, 6.07) is 5.89. The van der Waals surface area contributed by atoms with Crippen LogP contribution in [0.25, 0.3) is 0 Å². The van der Waals surface area contributed by atoms with Crippen LogP contribution in [0, 0.1) is 6.92 Å². The number of aryl methyl sites for hydroxylation is 1. The Morgan fingerprint density at radius 3 is 2.55 bits per heavy atom. The molecule has 1 aromatic rings. The smallest absolute Gasteiger partial charge is 0.426 e. The summed E-state index contributed by atoms with van der Waals surface area (Å²) in [5, 5.41) is 1.79. The molecule has 0 radical (unpaired) electrons. The third kappa shape index (κ3) is 5.84. The van der Waals surface area contributed by atoms with Gasteiger partial charge in [-0.1, -0.05) is 19.4 Å². The van der Waals surface area contributed by atoms with Crippen molar-refractivity contribution in [1.29, 1.82) is 0 Å². The van der Waals surface area contributed by atoms with E-state index in [1.165, 1.54) is 0 Å². The van der Waals surface area contributed by atoms with Gasteiger partial charge in [-0.3, -0.25) is 5.01 Å². The number of nitrogens with one attached hydrogen (secondary N) is 1. The molecule has 0 aliphatic heterocycles. The van der Waals surface area contributed by atoms with Crippen LogP contribution in [0.4, 0.5) is 10.5 Å². The van der Waals surface area contributed by atoms with Crippen LogP contribution in [0.15, 0.2) is 18.2 Å². The lowest BCUT2D eigenvalue weighted by Crippen LogP contribution is -2.45. The van der Waals surface area contributed by atoms with Gasteiger partial charge in [-0.25, -0.2) is 10.2 Å². The van der Waals surface area contributed by atoms with Crippen LogP contribution in [-0.4, -0.2) is 25.3 Å². The molecule has 0 saturated heterocycles. The van der Waals surface area contributed by atoms with E-state index in [2.05, 4.69) is 12.3 Å². The highest BCUT2D eigenvalue weighted by atomic mass is 16.6. The Morgan fingerprint density at radius 1 is 1.32 bits per heavy atom. The second kappa shape index (κ2) is 7.92. The van der Waals surface area contributed by atoms with E-state index in [1.54, 1.807) is 12.1 Å². The first-order valence-corrected chi connectivity index (χ1v) is 7.68. The summed E-state index contributed by atoms with van der Waals surface area (Å²) >= 11 is 0. The number of anilines is 1. The lowest BCUT2D eigenvalue weighted by Gasteiger charge is -2.28. The summed E-state index contributed by atoms with van der Waals surface area (Å²) in [5.74, 6) is 0.729. The fourth-order valence-electron chi connectivity index (χ4n) is 1.97. The number of hydrazine groups is 1. The van der Waals surface area contributed by atoms with Gasteiger partial charge in [0.05, 0.1) is 12.8 Å². The van der Waals surface area contributed by atoms with E-state index in [4.69, 9.17) is 9.47 Å². The predicted molar refractivity (Wildman–Crippen MR) is 89.4 cm³/mol. The molecule has 1 N–H and O–H groups in total. The Bertz CT molecular complexity index is 495. The van der Waals surface area contributed by atoms with Crippen LogP contribution < -0.4 is 15.2 Å². The van der Waals surface area contributed by atoms with Crippen molar-refractivity contribution in [3.05, 3.63) is 23.8 Å². The van der Waals surface area contributed by atoms with Gasteiger partial charge in [0, 0.05) is 6.54 Å². The highest BCUT2D eigenvalue weighted by Gasteiger charge is 2.20. The van der Waals surface area contributed by atoms with Crippen molar-refractivity contribution in [1.82, 2.24) is 5.43 Å². The van der Waals surface area contributed by atoms with Crippen LogP contribution in [0.1, 0.15) is 46.1 Å². The summed E-state index contributed by atoms with van der Waals surface area (Å²) in [4.78, 5) is 12.1. The molecule has 1 amide bonds. The van der Waals surface area contributed by atoms with Crippen molar-refractivity contribution >= 4 is 11.8 Å². The third-order valence-electron chi connectivity index (χ3n) is 2.99. The number of amides is 1. The molecule has 0 saturated carbocycles. The average Bonchev–Trinajstić information content (AvgIpc) is 2.41. The fraction of sp³-hybridized carbons (Fsp3) is 0.588. The Kier molecular flexibility index (Phi) is 6.53. The van der Waals surface area contributed by atoms with E-state index in [9.17, 15) is 4.79 Å². The average molecular weight is 308 g/mol. The molecule has 0 atom stereocenters. The van der Waals surface area contributed by atoms with E-state index in [0.29, 0.717) is 6.54 Å². The minimum absolute atomic E-state index is 0.466. The molecular formula is C17H28N2O3. The Balaban J connectivity index is 2.95. The Hall–Kier alpha value is -1.91. The predicted octanol–water partition coefficient (Wildman–Crippen LogP) is 4.05. The fourth-order valence-corrected chi connectivity index (χ4v) is 1.97. The summed E-state index contributed by atoms with van der Waals surface area (Å²) in [6.07, 6.45) is 1.51. The van der Waals surface area contributed by atoms with Crippen molar-refractivity contribution in [2.24, 2.45) is 0 Å². The largest absolute Gasteiger partial charge is 0.495 e. The lowest BCUT2D eigenvalue weighted by molar-refractivity contribution is 0.0520. The van der Waals surface area contributed by atoms with Crippen LogP contribution in [0.3, 0.4) is 0 Å². The number of unbranched alkanes of at least 4 members (excludes halogenated alkanes) is 1. The van der Waals surface area contributed by atoms with Crippen molar-refractivity contribution in [3.63, 3.8) is 0 Å². The van der Waals surface area contributed by atoms with Gasteiger partial charge in [-0.05, 0) is 51.8 Å². The first-order chi connectivity index (χ1) is 10.3. The number of methoxy groups -OCH3 is 1. The standard InChI is InChI=1S/C17H28N2O3/c1-7-8-11-19(18-16(20)22-17(3,4)5)14-10-9-13(2)12-15(14)21-6/h9-10,12H,7-8,11H2,1-6H3,(H,18,20). The second-order valence-electron chi connectivity index (χ2n) is 6.29. The SMILES string of the molecule is CCCCN(NC(=O)OC(C)(C)C)c1ccc(C)cc1OC. The molecule has 5 heteroatoms. The van der Waals surface area contributed by atoms with Crippen LogP contribution in [-0.2, 0) is 4.74 Å². The maximum absolute atomic E-state index is 12.1. The quantitative estimate of drug-likeness (QED) is 0.806. The van der Waals surface area contributed by atoms with E-state index in [-0.39, 0.29) is 0 Å². The van der Waals surface area contributed by atoms with E-state index >= 15 is 0 Å². The molecule has 0 fully saturated rings. The molecule has 124 valence electrons. The van der Waals surface area contributed by atoms with Crippen molar-refractivity contribution < 1.29 is 14.3 Å². The van der Waals surface area contributed by atoms with Crippen LogP contribution in [0.2, 0.25) is 0 Å². The van der Waals surface area contributed by atoms with Gasteiger partial charge in [0.1, 0.15) is 11.4 Å². The van der Waals surface area contributed by atoms with Gasteiger partial charge in [0.25, 0.3) is 0 Å².